The van der Waals surface area contributed by atoms with Gasteiger partial charge in [-0.15, -0.1) is 0 Å². The van der Waals surface area contributed by atoms with Crippen molar-refractivity contribution in [1.29, 1.82) is 0 Å². The summed E-state index contributed by atoms with van der Waals surface area (Å²) in [6, 6.07) is 7.96. The van der Waals surface area contributed by atoms with Crippen molar-refractivity contribution >= 4 is 42.4 Å². The Labute approximate surface area is 180 Å². The molecule has 3 rings (SSSR count). The summed E-state index contributed by atoms with van der Waals surface area (Å²) in [7, 11) is -1.16. The van der Waals surface area contributed by atoms with Gasteiger partial charge in [-0.3, -0.25) is 9.36 Å². The standard InChI is InChI=1S/C20H24ClN5O3Si/c1-5-16(27)23-14-7-6-8-15(11-14)29-19-17-18(24-20(21)25-19)26(12-22-17)13-28-9-10-30(2,3)4/h5-8,11-12H,1,9-10,13H2,2-4H3,(H,23,27). The molecule has 0 atom stereocenters. The molecule has 0 saturated heterocycles. The molecule has 0 aliphatic carbocycles. The minimum atomic E-state index is -1.16. The third kappa shape index (κ3) is 5.88. The van der Waals surface area contributed by atoms with Crippen molar-refractivity contribution in [3.8, 4) is 11.6 Å². The van der Waals surface area contributed by atoms with E-state index in [-0.39, 0.29) is 17.1 Å². The average Bonchev–Trinajstić information content (AvgIpc) is 3.07. The van der Waals surface area contributed by atoms with E-state index in [4.69, 9.17) is 21.1 Å². The van der Waals surface area contributed by atoms with Crippen LogP contribution in [0.3, 0.4) is 0 Å². The average molecular weight is 446 g/mol. The van der Waals surface area contributed by atoms with Crippen LogP contribution in [0, 0.1) is 0 Å². The largest absolute Gasteiger partial charge is 0.437 e. The van der Waals surface area contributed by atoms with E-state index < -0.39 is 8.07 Å². The van der Waals surface area contributed by atoms with Gasteiger partial charge >= 0.3 is 0 Å². The van der Waals surface area contributed by atoms with E-state index in [1.54, 1.807) is 35.2 Å². The van der Waals surface area contributed by atoms with Crippen LogP contribution in [0.4, 0.5) is 5.69 Å². The molecule has 0 radical (unpaired) electrons. The van der Waals surface area contributed by atoms with Crippen molar-refractivity contribution in [2.24, 2.45) is 0 Å². The molecule has 0 aliphatic heterocycles. The van der Waals surface area contributed by atoms with E-state index in [1.165, 1.54) is 6.08 Å². The van der Waals surface area contributed by atoms with Crippen LogP contribution in [0.1, 0.15) is 0 Å². The predicted molar refractivity (Wildman–Crippen MR) is 120 cm³/mol. The summed E-state index contributed by atoms with van der Waals surface area (Å²) in [6.45, 7) is 11.3. The first-order valence-electron chi connectivity index (χ1n) is 9.42. The van der Waals surface area contributed by atoms with Crippen molar-refractivity contribution in [3.63, 3.8) is 0 Å². The molecule has 0 aliphatic rings. The van der Waals surface area contributed by atoms with Gasteiger partial charge in [0.2, 0.25) is 11.2 Å². The van der Waals surface area contributed by atoms with Crippen LogP contribution in [0.25, 0.3) is 11.2 Å². The number of nitrogens with zero attached hydrogens (tertiary/aromatic N) is 4. The number of carbonyl (C=O) groups is 1. The molecule has 2 aromatic heterocycles. The second-order valence-electron chi connectivity index (χ2n) is 7.86. The number of benzene rings is 1. The van der Waals surface area contributed by atoms with Crippen molar-refractivity contribution in [3.05, 3.63) is 48.5 Å². The summed E-state index contributed by atoms with van der Waals surface area (Å²) >= 11 is 6.11. The Morgan fingerprint density at radius 3 is 2.87 bits per heavy atom. The first-order valence-corrected chi connectivity index (χ1v) is 13.5. The van der Waals surface area contributed by atoms with Gasteiger partial charge in [-0.05, 0) is 35.9 Å². The van der Waals surface area contributed by atoms with Crippen molar-refractivity contribution < 1.29 is 14.3 Å². The zero-order valence-electron chi connectivity index (χ0n) is 17.2. The van der Waals surface area contributed by atoms with Crippen LogP contribution >= 0.6 is 11.6 Å². The van der Waals surface area contributed by atoms with Gasteiger partial charge in [-0.25, -0.2) is 4.98 Å². The lowest BCUT2D eigenvalue weighted by molar-refractivity contribution is -0.111. The van der Waals surface area contributed by atoms with E-state index in [9.17, 15) is 4.79 Å². The lowest BCUT2D eigenvalue weighted by Crippen LogP contribution is -2.22. The zero-order valence-corrected chi connectivity index (χ0v) is 18.9. The van der Waals surface area contributed by atoms with Crippen LogP contribution in [0.5, 0.6) is 11.6 Å². The lowest BCUT2D eigenvalue weighted by Gasteiger charge is -2.15. The number of rotatable bonds is 9. The Morgan fingerprint density at radius 2 is 2.13 bits per heavy atom. The Kier molecular flexibility index (Phi) is 6.86. The molecule has 1 amide bonds. The first-order chi connectivity index (χ1) is 14.2. The Bertz CT molecular complexity index is 1060. The van der Waals surface area contributed by atoms with Crippen LogP contribution in [0.2, 0.25) is 31.0 Å². The van der Waals surface area contributed by atoms with Gasteiger partial charge in [-0.2, -0.15) is 9.97 Å². The maximum atomic E-state index is 11.5. The molecule has 1 N–H and O–H groups in total. The number of ether oxygens (including phenoxy) is 2. The van der Waals surface area contributed by atoms with E-state index in [0.29, 0.717) is 35.9 Å². The van der Waals surface area contributed by atoms with Crippen LogP contribution in [-0.4, -0.2) is 40.1 Å². The number of imidazole rings is 1. The summed E-state index contributed by atoms with van der Waals surface area (Å²) in [5.74, 6) is 0.374. The normalized spacial score (nSPS) is 11.5. The molecular formula is C20H24ClN5O3Si. The number of aromatic nitrogens is 4. The zero-order chi connectivity index (χ0) is 21.7. The van der Waals surface area contributed by atoms with Crippen LogP contribution in [-0.2, 0) is 16.3 Å². The number of hydrogen-bond acceptors (Lipinski definition) is 6. The quantitative estimate of drug-likeness (QED) is 0.222. The Morgan fingerprint density at radius 1 is 1.33 bits per heavy atom. The molecule has 0 fully saturated rings. The van der Waals surface area contributed by atoms with Gasteiger partial charge in [-0.1, -0.05) is 32.3 Å². The van der Waals surface area contributed by atoms with Crippen molar-refractivity contribution in [2.75, 3.05) is 11.9 Å². The smallest absolute Gasteiger partial charge is 0.252 e. The minimum absolute atomic E-state index is 0.0393. The fraction of sp³-hybridized carbons (Fsp3) is 0.300. The second kappa shape index (κ2) is 9.37. The third-order valence-electron chi connectivity index (χ3n) is 4.13. The fourth-order valence-corrected chi connectivity index (χ4v) is 3.46. The molecule has 1 aromatic carbocycles. The maximum Gasteiger partial charge on any atom is 0.252 e. The van der Waals surface area contributed by atoms with Gasteiger partial charge in [0.1, 0.15) is 12.5 Å². The molecular weight excluding hydrogens is 422 g/mol. The highest BCUT2D eigenvalue weighted by atomic mass is 35.5. The Balaban J connectivity index is 1.78. The van der Waals surface area contributed by atoms with Gasteiger partial charge in [0.15, 0.2) is 11.2 Å². The Hall–Kier alpha value is -2.75. The molecule has 10 heteroatoms. The topological polar surface area (TPSA) is 91.2 Å². The van der Waals surface area contributed by atoms with Crippen molar-refractivity contribution in [2.45, 2.75) is 32.4 Å². The molecule has 0 spiro atoms. The summed E-state index contributed by atoms with van der Waals surface area (Å²) in [5, 5.41) is 2.72. The molecule has 30 heavy (non-hydrogen) atoms. The number of hydrogen-bond donors (Lipinski definition) is 1. The molecule has 158 valence electrons. The number of carbonyl (C=O) groups excluding carboxylic acids is 1. The summed E-state index contributed by atoms with van der Waals surface area (Å²) in [6.07, 6.45) is 2.82. The highest BCUT2D eigenvalue weighted by Gasteiger charge is 2.16. The van der Waals surface area contributed by atoms with Gasteiger partial charge in [0.25, 0.3) is 5.88 Å². The molecule has 0 unspecified atom stereocenters. The van der Waals surface area contributed by atoms with Crippen molar-refractivity contribution in [1.82, 2.24) is 19.5 Å². The fourth-order valence-electron chi connectivity index (χ4n) is 2.54. The van der Waals surface area contributed by atoms with Gasteiger partial charge in [0.05, 0.1) is 6.33 Å². The lowest BCUT2D eigenvalue weighted by atomic mass is 10.3. The van der Waals surface area contributed by atoms with E-state index in [2.05, 4.69) is 46.5 Å². The molecule has 8 nitrogen and oxygen atoms in total. The monoisotopic (exact) mass is 445 g/mol. The minimum Gasteiger partial charge on any atom is -0.437 e. The predicted octanol–water partition coefficient (Wildman–Crippen LogP) is 4.71. The third-order valence-corrected chi connectivity index (χ3v) is 6.01. The number of amides is 1. The SMILES string of the molecule is C=CC(=O)Nc1cccc(Oc2nc(Cl)nc3c2ncn3COCC[Si](C)(C)C)c1. The summed E-state index contributed by atoms with van der Waals surface area (Å²) < 4.78 is 13.4. The van der Waals surface area contributed by atoms with Crippen LogP contribution in [0.15, 0.2) is 43.2 Å². The summed E-state index contributed by atoms with van der Waals surface area (Å²) in [4.78, 5) is 24.3. The second-order valence-corrected chi connectivity index (χ2v) is 13.8. The highest BCUT2D eigenvalue weighted by molar-refractivity contribution is 6.76. The molecule has 3 aromatic rings. The summed E-state index contributed by atoms with van der Waals surface area (Å²) in [5.41, 5.74) is 1.55. The maximum absolute atomic E-state index is 11.5. The number of fused-ring (bicyclic) bond motifs is 1. The molecule has 2 heterocycles. The van der Waals surface area contributed by atoms with Crippen LogP contribution < -0.4 is 10.1 Å². The highest BCUT2D eigenvalue weighted by Crippen LogP contribution is 2.29. The number of anilines is 1. The first kappa shape index (κ1) is 21.9. The van der Waals surface area contributed by atoms with Gasteiger partial charge in [0, 0.05) is 26.4 Å². The number of halogens is 1. The molecule has 0 bridgehead atoms. The van der Waals surface area contributed by atoms with E-state index >= 15 is 0 Å². The van der Waals surface area contributed by atoms with Gasteiger partial charge < -0.3 is 14.8 Å². The van der Waals surface area contributed by atoms with E-state index in [1.807, 2.05) is 0 Å². The van der Waals surface area contributed by atoms with E-state index in [0.717, 1.165) is 6.04 Å². The number of nitrogens with one attached hydrogen (secondary N) is 1. The molecule has 0 saturated carbocycles.